The lowest BCUT2D eigenvalue weighted by Gasteiger charge is -2.12. The van der Waals surface area contributed by atoms with Crippen molar-refractivity contribution in [2.45, 2.75) is 26.9 Å². The maximum absolute atomic E-state index is 13.7. The van der Waals surface area contributed by atoms with Crippen LogP contribution in [0.2, 0.25) is 0 Å². The standard InChI is InChI=1S/C24H26N4O4/c1-17-21(23(31)27(25(17)13-15-29)19-9-5-3-6-10-19)22-18(2)26(14-16-30)28(24(22)32)20-11-7-4-8-12-20/h3-12,29-30H,13-16H2,1-2H3. The summed E-state index contributed by atoms with van der Waals surface area (Å²) < 4.78 is 6.39. The molecule has 8 heteroatoms. The molecule has 166 valence electrons. The van der Waals surface area contributed by atoms with Gasteiger partial charge in [-0.3, -0.25) is 19.0 Å². The molecule has 0 spiro atoms. The maximum atomic E-state index is 13.7. The number of nitrogens with zero attached hydrogens (tertiary/aromatic N) is 4. The smallest absolute Gasteiger partial charge is 0.279 e. The lowest BCUT2D eigenvalue weighted by atomic mass is 10.1. The topological polar surface area (TPSA) is 94.3 Å². The fraction of sp³-hybridized carbons (Fsp3) is 0.250. The maximum Gasteiger partial charge on any atom is 0.279 e. The van der Waals surface area contributed by atoms with Gasteiger partial charge in [0.1, 0.15) is 0 Å². The van der Waals surface area contributed by atoms with Crippen LogP contribution in [0.3, 0.4) is 0 Å². The molecule has 0 aliphatic carbocycles. The van der Waals surface area contributed by atoms with Crippen molar-refractivity contribution in [3.8, 4) is 22.5 Å². The first-order chi connectivity index (χ1) is 15.5. The van der Waals surface area contributed by atoms with Crippen LogP contribution in [0, 0.1) is 13.8 Å². The van der Waals surface area contributed by atoms with Crippen molar-refractivity contribution in [1.82, 2.24) is 18.7 Å². The Bertz CT molecular complexity index is 1240. The molecule has 2 heterocycles. The zero-order chi connectivity index (χ0) is 22.8. The molecule has 0 radical (unpaired) electrons. The van der Waals surface area contributed by atoms with Crippen LogP contribution in [0.25, 0.3) is 22.5 Å². The Labute approximate surface area is 184 Å². The third-order valence-corrected chi connectivity index (χ3v) is 5.67. The van der Waals surface area contributed by atoms with E-state index in [1.165, 1.54) is 9.36 Å². The summed E-state index contributed by atoms with van der Waals surface area (Å²) in [5.74, 6) is 0. The summed E-state index contributed by atoms with van der Waals surface area (Å²) in [5, 5.41) is 19.3. The van der Waals surface area contributed by atoms with Crippen molar-refractivity contribution in [3.05, 3.63) is 92.8 Å². The van der Waals surface area contributed by atoms with E-state index in [0.717, 1.165) is 0 Å². The van der Waals surface area contributed by atoms with Gasteiger partial charge in [-0.2, -0.15) is 0 Å². The van der Waals surface area contributed by atoms with E-state index >= 15 is 0 Å². The molecule has 0 unspecified atom stereocenters. The highest BCUT2D eigenvalue weighted by Crippen LogP contribution is 2.24. The Morgan fingerprint density at radius 2 is 0.969 bits per heavy atom. The minimum absolute atomic E-state index is 0.153. The Hall–Kier alpha value is -3.62. The van der Waals surface area contributed by atoms with Gasteiger partial charge < -0.3 is 10.2 Å². The molecule has 0 atom stereocenters. The fourth-order valence-electron chi connectivity index (χ4n) is 4.25. The second-order valence-corrected chi connectivity index (χ2v) is 7.52. The molecule has 4 rings (SSSR count). The van der Waals surface area contributed by atoms with Gasteiger partial charge in [0.25, 0.3) is 11.1 Å². The van der Waals surface area contributed by atoms with Crippen molar-refractivity contribution in [2.24, 2.45) is 0 Å². The summed E-state index contributed by atoms with van der Waals surface area (Å²) in [5.41, 5.74) is 2.42. The van der Waals surface area contributed by atoms with Crippen LogP contribution in [0.1, 0.15) is 11.4 Å². The second kappa shape index (κ2) is 8.86. The van der Waals surface area contributed by atoms with Crippen LogP contribution < -0.4 is 11.1 Å². The van der Waals surface area contributed by atoms with Gasteiger partial charge in [0, 0.05) is 11.4 Å². The summed E-state index contributed by atoms with van der Waals surface area (Å²) in [6.07, 6.45) is 0. The van der Waals surface area contributed by atoms with Crippen molar-refractivity contribution >= 4 is 0 Å². The Morgan fingerprint density at radius 3 is 1.28 bits per heavy atom. The number of aliphatic hydroxyl groups is 2. The van der Waals surface area contributed by atoms with E-state index < -0.39 is 0 Å². The molecule has 4 aromatic rings. The molecule has 0 bridgehead atoms. The highest BCUT2D eigenvalue weighted by atomic mass is 16.3. The van der Waals surface area contributed by atoms with E-state index in [-0.39, 0.29) is 37.4 Å². The van der Waals surface area contributed by atoms with Crippen LogP contribution in [0.4, 0.5) is 0 Å². The summed E-state index contributed by atoms with van der Waals surface area (Å²) in [6.45, 7) is 3.67. The van der Waals surface area contributed by atoms with Crippen LogP contribution in [0.15, 0.2) is 70.3 Å². The predicted molar refractivity (Wildman–Crippen MR) is 123 cm³/mol. The normalized spacial score (nSPS) is 11.2. The molecule has 0 fully saturated rings. The Kier molecular flexibility index (Phi) is 5.98. The van der Waals surface area contributed by atoms with Crippen molar-refractivity contribution < 1.29 is 10.2 Å². The molecule has 2 N–H and O–H groups in total. The van der Waals surface area contributed by atoms with Gasteiger partial charge >= 0.3 is 0 Å². The molecule has 0 saturated heterocycles. The number of benzene rings is 2. The molecular weight excluding hydrogens is 408 g/mol. The summed E-state index contributed by atoms with van der Waals surface area (Å²) in [4.78, 5) is 27.3. The number of aliphatic hydroxyl groups excluding tert-OH is 2. The van der Waals surface area contributed by atoms with Crippen LogP contribution in [-0.2, 0) is 13.1 Å². The van der Waals surface area contributed by atoms with Gasteiger partial charge in [0.2, 0.25) is 0 Å². The molecule has 0 amide bonds. The first-order valence-electron chi connectivity index (χ1n) is 10.5. The molecular formula is C24H26N4O4. The third-order valence-electron chi connectivity index (χ3n) is 5.67. The number of rotatable bonds is 7. The first kappa shape index (κ1) is 21.6. The van der Waals surface area contributed by atoms with Gasteiger partial charge in [-0.15, -0.1) is 0 Å². The largest absolute Gasteiger partial charge is 0.394 e. The van der Waals surface area contributed by atoms with Gasteiger partial charge in [-0.1, -0.05) is 36.4 Å². The molecule has 0 aliphatic rings. The molecule has 2 aromatic heterocycles. The number of hydrogen-bond donors (Lipinski definition) is 2. The molecule has 8 nitrogen and oxygen atoms in total. The minimum atomic E-state index is -0.330. The lowest BCUT2D eigenvalue weighted by molar-refractivity contribution is 0.262. The third kappa shape index (κ3) is 3.43. The Morgan fingerprint density at radius 1 is 0.625 bits per heavy atom. The SMILES string of the molecule is Cc1c(-c2c(C)n(CCO)n(-c3ccccc3)c2=O)c(=O)n(-c2ccccc2)n1CCO. The van der Waals surface area contributed by atoms with E-state index in [1.807, 2.05) is 60.7 Å². The number of hydrogen-bond acceptors (Lipinski definition) is 4. The van der Waals surface area contributed by atoms with Crippen LogP contribution in [0.5, 0.6) is 0 Å². The van der Waals surface area contributed by atoms with E-state index in [9.17, 15) is 19.8 Å². The zero-order valence-corrected chi connectivity index (χ0v) is 18.1. The minimum Gasteiger partial charge on any atom is -0.394 e. The van der Waals surface area contributed by atoms with Crippen molar-refractivity contribution in [3.63, 3.8) is 0 Å². The zero-order valence-electron chi connectivity index (χ0n) is 18.1. The average Bonchev–Trinajstić information content (AvgIpc) is 3.19. The van der Waals surface area contributed by atoms with Crippen LogP contribution >= 0.6 is 0 Å². The summed E-state index contributed by atoms with van der Waals surface area (Å²) in [7, 11) is 0. The van der Waals surface area contributed by atoms with E-state index in [2.05, 4.69) is 0 Å². The first-order valence-corrected chi connectivity index (χ1v) is 10.5. The van der Waals surface area contributed by atoms with Gasteiger partial charge in [-0.25, -0.2) is 9.36 Å². The molecule has 0 aliphatic heterocycles. The highest BCUT2D eigenvalue weighted by molar-refractivity contribution is 5.68. The number of para-hydroxylation sites is 2. The van der Waals surface area contributed by atoms with E-state index in [4.69, 9.17) is 0 Å². The van der Waals surface area contributed by atoms with E-state index in [1.54, 1.807) is 23.2 Å². The summed E-state index contributed by atoms with van der Waals surface area (Å²) >= 11 is 0. The average molecular weight is 434 g/mol. The summed E-state index contributed by atoms with van der Waals surface area (Å²) in [6, 6.07) is 18.3. The highest BCUT2D eigenvalue weighted by Gasteiger charge is 2.27. The fourth-order valence-corrected chi connectivity index (χ4v) is 4.25. The predicted octanol–water partition coefficient (Wildman–Crippen LogP) is 1.86. The quantitative estimate of drug-likeness (QED) is 0.464. The monoisotopic (exact) mass is 434 g/mol. The lowest BCUT2D eigenvalue weighted by Crippen LogP contribution is -2.24. The molecule has 0 saturated carbocycles. The van der Waals surface area contributed by atoms with E-state index in [0.29, 0.717) is 33.9 Å². The second-order valence-electron chi connectivity index (χ2n) is 7.52. The molecule has 2 aromatic carbocycles. The van der Waals surface area contributed by atoms with Gasteiger partial charge in [-0.05, 0) is 38.1 Å². The van der Waals surface area contributed by atoms with Gasteiger partial charge in [0.05, 0.1) is 48.8 Å². The van der Waals surface area contributed by atoms with Crippen LogP contribution in [-0.4, -0.2) is 42.2 Å². The Balaban J connectivity index is 2.06. The van der Waals surface area contributed by atoms with Crippen molar-refractivity contribution in [2.75, 3.05) is 13.2 Å². The number of aromatic nitrogens is 4. The van der Waals surface area contributed by atoms with Crippen molar-refractivity contribution in [1.29, 1.82) is 0 Å². The molecule has 32 heavy (non-hydrogen) atoms. The van der Waals surface area contributed by atoms with Gasteiger partial charge in [0.15, 0.2) is 0 Å².